The molecule has 3 rings (SSSR count). The van der Waals surface area contributed by atoms with Crippen molar-refractivity contribution in [2.24, 2.45) is 5.41 Å². The smallest absolute Gasteiger partial charge is 0.408 e. The number of anilines is 1. The second-order valence-corrected chi connectivity index (χ2v) is 12.6. The van der Waals surface area contributed by atoms with Gasteiger partial charge in [0.2, 0.25) is 11.8 Å². The Morgan fingerprint density at radius 2 is 1.57 bits per heavy atom. The van der Waals surface area contributed by atoms with Crippen LogP contribution in [0, 0.1) is 5.41 Å². The Morgan fingerprint density at radius 3 is 2.14 bits per heavy atom. The summed E-state index contributed by atoms with van der Waals surface area (Å²) in [6.45, 7) is 5.06. The van der Waals surface area contributed by atoms with E-state index >= 15 is 0 Å². The molecule has 1 atom stereocenters. The molecule has 4 amide bonds. The summed E-state index contributed by atoms with van der Waals surface area (Å²) in [4.78, 5) is 62.2. The molecule has 2 aromatic carbocycles. The maximum atomic E-state index is 13.4. The molecule has 0 radical (unpaired) electrons. The SMILES string of the molecule is CC(C)(C)OC(=O)NCC(=O)NCCC1(C(=O)N[C@@H](Cc2ccc(NC(=O)c3c(Cl)cccc3Cl)cc2)C(=O)O)CCCC1. The molecular formula is C31H38Cl2N4O7. The Hall–Kier alpha value is -3.83. The number of amides is 4. The average molecular weight is 650 g/mol. The molecule has 2 aromatic rings. The van der Waals surface area contributed by atoms with Crippen molar-refractivity contribution in [3.05, 3.63) is 63.6 Å². The largest absolute Gasteiger partial charge is 0.480 e. The Labute approximate surface area is 266 Å². The van der Waals surface area contributed by atoms with Gasteiger partial charge in [0.15, 0.2) is 0 Å². The van der Waals surface area contributed by atoms with E-state index in [9.17, 15) is 29.1 Å². The molecule has 0 unspecified atom stereocenters. The van der Waals surface area contributed by atoms with E-state index in [1.165, 1.54) is 0 Å². The van der Waals surface area contributed by atoms with Gasteiger partial charge in [0.1, 0.15) is 11.6 Å². The number of ether oxygens (including phenoxy) is 1. The van der Waals surface area contributed by atoms with Gasteiger partial charge >= 0.3 is 12.1 Å². The fourth-order valence-corrected chi connectivity index (χ4v) is 5.56. The number of benzene rings is 2. The van der Waals surface area contributed by atoms with E-state index in [0.29, 0.717) is 30.5 Å². The molecule has 238 valence electrons. The highest BCUT2D eigenvalue weighted by atomic mass is 35.5. The van der Waals surface area contributed by atoms with Crippen LogP contribution in [-0.4, -0.2) is 59.6 Å². The molecule has 1 fully saturated rings. The Balaban J connectivity index is 1.55. The Kier molecular flexibility index (Phi) is 12.0. The zero-order valence-electron chi connectivity index (χ0n) is 24.9. The molecule has 0 aromatic heterocycles. The van der Waals surface area contributed by atoms with Crippen molar-refractivity contribution in [3.63, 3.8) is 0 Å². The minimum atomic E-state index is -1.19. The second-order valence-electron chi connectivity index (χ2n) is 11.8. The summed E-state index contributed by atoms with van der Waals surface area (Å²) in [7, 11) is 0. The number of carboxylic acids is 1. The van der Waals surface area contributed by atoms with Gasteiger partial charge in [-0.05, 0) is 69.9 Å². The van der Waals surface area contributed by atoms with E-state index in [-0.39, 0.29) is 41.0 Å². The summed E-state index contributed by atoms with van der Waals surface area (Å²) in [6.07, 6.45) is 2.40. The van der Waals surface area contributed by atoms with Crippen molar-refractivity contribution in [1.29, 1.82) is 0 Å². The van der Waals surface area contributed by atoms with Crippen LogP contribution in [0.25, 0.3) is 0 Å². The third-order valence-electron chi connectivity index (χ3n) is 7.21. The van der Waals surface area contributed by atoms with Crippen molar-refractivity contribution in [2.75, 3.05) is 18.4 Å². The van der Waals surface area contributed by atoms with Gasteiger partial charge in [0.25, 0.3) is 5.91 Å². The lowest BCUT2D eigenvalue weighted by atomic mass is 9.81. The quantitative estimate of drug-likeness (QED) is 0.217. The van der Waals surface area contributed by atoms with Gasteiger partial charge in [-0.3, -0.25) is 14.4 Å². The zero-order chi connectivity index (χ0) is 32.5. The van der Waals surface area contributed by atoms with Crippen molar-refractivity contribution in [2.45, 2.75) is 70.9 Å². The first-order valence-corrected chi connectivity index (χ1v) is 15.1. The van der Waals surface area contributed by atoms with Gasteiger partial charge in [-0.15, -0.1) is 0 Å². The Morgan fingerprint density at radius 1 is 0.955 bits per heavy atom. The molecule has 0 saturated heterocycles. The molecule has 1 aliphatic rings. The van der Waals surface area contributed by atoms with Crippen LogP contribution in [0.5, 0.6) is 0 Å². The predicted molar refractivity (Wildman–Crippen MR) is 167 cm³/mol. The summed E-state index contributed by atoms with van der Waals surface area (Å²) in [5.41, 5.74) is -0.264. The van der Waals surface area contributed by atoms with E-state index in [0.717, 1.165) is 12.8 Å². The van der Waals surface area contributed by atoms with Crippen molar-refractivity contribution in [1.82, 2.24) is 16.0 Å². The van der Waals surface area contributed by atoms with E-state index < -0.39 is 40.9 Å². The van der Waals surface area contributed by atoms with Crippen molar-refractivity contribution < 1.29 is 33.8 Å². The van der Waals surface area contributed by atoms with Gasteiger partial charge in [0.05, 0.1) is 27.6 Å². The van der Waals surface area contributed by atoms with Crippen LogP contribution in [0.2, 0.25) is 10.0 Å². The highest BCUT2D eigenvalue weighted by molar-refractivity contribution is 6.40. The highest BCUT2D eigenvalue weighted by Crippen LogP contribution is 2.41. The first kappa shape index (κ1) is 34.7. The summed E-state index contributed by atoms with van der Waals surface area (Å²) in [5.74, 6) is -2.47. The maximum Gasteiger partial charge on any atom is 0.408 e. The van der Waals surface area contributed by atoms with Crippen LogP contribution >= 0.6 is 23.2 Å². The minimum absolute atomic E-state index is 0.0226. The first-order chi connectivity index (χ1) is 20.7. The third-order valence-corrected chi connectivity index (χ3v) is 7.84. The molecule has 11 nitrogen and oxygen atoms in total. The van der Waals surface area contributed by atoms with Crippen LogP contribution in [0.1, 0.15) is 68.8 Å². The number of carbonyl (C=O) groups is 5. The number of nitrogens with one attached hydrogen (secondary N) is 4. The fourth-order valence-electron chi connectivity index (χ4n) is 4.99. The predicted octanol–water partition coefficient (Wildman–Crippen LogP) is 4.95. The topological polar surface area (TPSA) is 163 Å². The lowest BCUT2D eigenvalue weighted by molar-refractivity contribution is -0.144. The van der Waals surface area contributed by atoms with E-state index in [4.69, 9.17) is 27.9 Å². The van der Waals surface area contributed by atoms with Gasteiger partial charge < -0.3 is 31.1 Å². The number of alkyl carbamates (subject to hydrolysis) is 1. The summed E-state index contributed by atoms with van der Waals surface area (Å²) in [5, 5.41) is 20.8. The standard InChI is InChI=1S/C31H38Cl2N4O7/c1-30(2,3)44-29(43)35-18-24(38)34-16-15-31(13-4-5-14-31)28(42)37-23(27(40)41)17-19-9-11-20(12-10-19)36-26(39)25-21(32)7-6-8-22(25)33/h6-12,23H,4-5,13-18H2,1-3H3,(H,34,38)(H,35,43)(H,36,39)(H,37,42)(H,40,41)/t23-/m0/s1. The monoisotopic (exact) mass is 648 g/mol. The molecule has 0 aliphatic heterocycles. The molecule has 0 heterocycles. The molecule has 0 bridgehead atoms. The van der Waals surface area contributed by atoms with E-state index in [1.807, 2.05) is 0 Å². The number of carbonyl (C=O) groups excluding carboxylic acids is 4. The summed E-state index contributed by atoms with van der Waals surface area (Å²) in [6, 6.07) is 10.1. The lowest BCUT2D eigenvalue weighted by Gasteiger charge is -2.29. The number of aliphatic carboxylic acids is 1. The maximum absolute atomic E-state index is 13.4. The van der Waals surface area contributed by atoms with Gasteiger partial charge in [-0.2, -0.15) is 0 Å². The van der Waals surface area contributed by atoms with Crippen LogP contribution < -0.4 is 21.3 Å². The number of halogens is 2. The number of hydrogen-bond acceptors (Lipinski definition) is 6. The van der Waals surface area contributed by atoms with Crippen LogP contribution in [0.4, 0.5) is 10.5 Å². The van der Waals surface area contributed by atoms with Crippen molar-refractivity contribution >= 4 is 58.7 Å². The zero-order valence-corrected chi connectivity index (χ0v) is 26.4. The summed E-state index contributed by atoms with van der Waals surface area (Å²) < 4.78 is 5.11. The van der Waals surface area contributed by atoms with Gasteiger partial charge in [-0.25, -0.2) is 9.59 Å². The molecule has 13 heteroatoms. The lowest BCUT2D eigenvalue weighted by Crippen LogP contribution is -2.49. The molecule has 1 saturated carbocycles. The molecule has 44 heavy (non-hydrogen) atoms. The number of hydrogen-bond donors (Lipinski definition) is 5. The molecule has 0 spiro atoms. The van der Waals surface area contributed by atoms with E-state index in [1.54, 1.807) is 63.2 Å². The fraction of sp³-hybridized carbons (Fsp3) is 0.452. The Bertz CT molecular complexity index is 1350. The number of carboxylic acid groups (broad SMARTS) is 1. The van der Waals surface area contributed by atoms with Gasteiger partial charge in [-0.1, -0.05) is 54.2 Å². The summed E-state index contributed by atoms with van der Waals surface area (Å²) >= 11 is 12.2. The van der Waals surface area contributed by atoms with E-state index in [2.05, 4.69) is 21.3 Å². The van der Waals surface area contributed by atoms with Crippen LogP contribution in [0.3, 0.4) is 0 Å². The molecule has 1 aliphatic carbocycles. The second kappa shape index (κ2) is 15.3. The van der Waals surface area contributed by atoms with Crippen molar-refractivity contribution in [3.8, 4) is 0 Å². The minimum Gasteiger partial charge on any atom is -0.480 e. The first-order valence-electron chi connectivity index (χ1n) is 14.3. The number of rotatable bonds is 12. The van der Waals surface area contributed by atoms with Crippen LogP contribution in [0.15, 0.2) is 42.5 Å². The van der Waals surface area contributed by atoms with Gasteiger partial charge in [0, 0.05) is 18.7 Å². The normalized spacial score (nSPS) is 14.7. The van der Waals surface area contributed by atoms with Crippen LogP contribution in [-0.2, 0) is 25.5 Å². The molecular weight excluding hydrogens is 611 g/mol. The highest BCUT2D eigenvalue weighted by Gasteiger charge is 2.42. The molecule has 5 N–H and O–H groups in total. The average Bonchev–Trinajstić information content (AvgIpc) is 3.41. The third kappa shape index (κ3) is 10.1.